The lowest BCUT2D eigenvalue weighted by molar-refractivity contribution is -0.134. The van der Waals surface area contributed by atoms with Crippen LogP contribution in [0.3, 0.4) is 0 Å². The maximum atomic E-state index is 12.3. The molecule has 0 aromatic carbocycles. The van der Waals surface area contributed by atoms with Gasteiger partial charge in [-0.2, -0.15) is 0 Å². The Kier molecular flexibility index (Phi) is 6.41. The van der Waals surface area contributed by atoms with E-state index in [1.165, 1.54) is 0 Å². The number of carbonyl (C=O) groups is 1. The van der Waals surface area contributed by atoms with Crippen LogP contribution in [0.2, 0.25) is 0 Å². The number of hydrogen-bond acceptors (Lipinski definition) is 5. The Labute approximate surface area is 134 Å². The highest BCUT2D eigenvalue weighted by Gasteiger charge is 2.33. The van der Waals surface area contributed by atoms with Crippen molar-refractivity contribution in [2.75, 3.05) is 26.3 Å². The van der Waals surface area contributed by atoms with Crippen LogP contribution in [0.15, 0.2) is 5.38 Å². The fourth-order valence-corrected chi connectivity index (χ4v) is 3.51. The molecule has 1 fully saturated rings. The molecule has 2 heterocycles. The van der Waals surface area contributed by atoms with Crippen molar-refractivity contribution in [3.63, 3.8) is 0 Å². The molecule has 1 saturated heterocycles. The average molecular weight is 332 g/mol. The summed E-state index contributed by atoms with van der Waals surface area (Å²) < 4.78 is 5.49. The van der Waals surface area contributed by atoms with E-state index in [1.54, 1.807) is 11.3 Å². The minimum atomic E-state index is -0.247. The molecular formula is C14H22ClN3O2S. The van der Waals surface area contributed by atoms with Crippen LogP contribution in [0.4, 0.5) is 0 Å². The van der Waals surface area contributed by atoms with E-state index in [0.717, 1.165) is 23.7 Å². The van der Waals surface area contributed by atoms with E-state index in [1.807, 2.05) is 12.3 Å². The normalized spacial score (nSPS) is 21.2. The summed E-state index contributed by atoms with van der Waals surface area (Å²) in [5.74, 6) is 0.463. The molecule has 0 aliphatic carbocycles. The fourth-order valence-electron chi connectivity index (χ4n) is 2.39. The molecule has 0 bridgehead atoms. The van der Waals surface area contributed by atoms with Gasteiger partial charge in [-0.15, -0.1) is 22.9 Å². The molecular weight excluding hydrogens is 310 g/mol. The van der Waals surface area contributed by atoms with E-state index < -0.39 is 0 Å². The smallest absolute Gasteiger partial charge is 0.239 e. The molecule has 1 aromatic heterocycles. The molecule has 0 radical (unpaired) electrons. The average Bonchev–Trinajstić information content (AvgIpc) is 3.01. The van der Waals surface area contributed by atoms with E-state index in [-0.39, 0.29) is 18.0 Å². The van der Waals surface area contributed by atoms with Gasteiger partial charge in [-0.1, -0.05) is 6.92 Å². The van der Waals surface area contributed by atoms with Crippen LogP contribution < -0.4 is 5.32 Å². The molecule has 1 N–H and O–H groups in total. The van der Waals surface area contributed by atoms with E-state index in [2.05, 4.69) is 22.1 Å². The van der Waals surface area contributed by atoms with Crippen molar-refractivity contribution in [3.05, 3.63) is 16.1 Å². The van der Waals surface area contributed by atoms with Gasteiger partial charge in [0.25, 0.3) is 0 Å². The van der Waals surface area contributed by atoms with Gasteiger partial charge in [0.1, 0.15) is 11.0 Å². The molecule has 0 spiro atoms. The number of alkyl halides is 1. The number of rotatable bonds is 6. The zero-order chi connectivity index (χ0) is 15.2. The summed E-state index contributed by atoms with van der Waals surface area (Å²) in [6.45, 7) is 6.65. The molecule has 2 rings (SSSR count). The Morgan fingerprint density at radius 3 is 3.19 bits per heavy atom. The van der Waals surface area contributed by atoms with Crippen LogP contribution in [0.25, 0.3) is 0 Å². The summed E-state index contributed by atoms with van der Waals surface area (Å²) in [6.07, 6.45) is 0.931. The number of nitrogens with zero attached hydrogens (tertiary/aromatic N) is 2. The first kappa shape index (κ1) is 16.7. The van der Waals surface area contributed by atoms with Crippen molar-refractivity contribution in [1.29, 1.82) is 0 Å². The van der Waals surface area contributed by atoms with Gasteiger partial charge in [-0.3, -0.25) is 9.69 Å². The molecule has 1 aliphatic rings. The Bertz CT molecular complexity index is 469. The number of thiazole rings is 1. The highest BCUT2D eigenvalue weighted by atomic mass is 35.5. The second kappa shape index (κ2) is 8.08. The molecule has 1 aromatic rings. The zero-order valence-corrected chi connectivity index (χ0v) is 14.0. The summed E-state index contributed by atoms with van der Waals surface area (Å²) in [5, 5.41) is 5.93. The van der Waals surface area contributed by atoms with Crippen molar-refractivity contribution in [2.45, 2.75) is 38.2 Å². The van der Waals surface area contributed by atoms with Crippen LogP contribution in [-0.2, 0) is 15.4 Å². The molecule has 5 nitrogen and oxygen atoms in total. The van der Waals surface area contributed by atoms with Gasteiger partial charge in [-0.05, 0) is 13.3 Å². The van der Waals surface area contributed by atoms with E-state index in [9.17, 15) is 4.79 Å². The number of halogens is 1. The maximum Gasteiger partial charge on any atom is 0.239 e. The first-order valence-corrected chi connectivity index (χ1v) is 8.70. The van der Waals surface area contributed by atoms with Gasteiger partial charge in [0.15, 0.2) is 0 Å². The molecule has 118 valence electrons. The summed E-state index contributed by atoms with van der Waals surface area (Å²) in [7, 11) is 0. The Morgan fingerprint density at radius 2 is 2.52 bits per heavy atom. The third kappa shape index (κ3) is 4.16. The number of amides is 1. The second-order valence-corrected chi connectivity index (χ2v) is 6.26. The van der Waals surface area contributed by atoms with Crippen LogP contribution in [-0.4, -0.2) is 48.1 Å². The van der Waals surface area contributed by atoms with Crippen LogP contribution in [0, 0.1) is 0 Å². The molecule has 2 atom stereocenters. The third-order valence-corrected chi connectivity index (χ3v) is 4.92. The first-order chi connectivity index (χ1) is 10.2. The van der Waals surface area contributed by atoms with Crippen molar-refractivity contribution in [3.8, 4) is 0 Å². The standard InChI is InChI=1S/C14H22ClN3O2S/c1-3-4-16-13(19)12-8-20-6-5-18(12)10(2)14-17-11(7-15)9-21-14/h9-10,12H,3-8H2,1-2H3,(H,16,19). The Hall–Kier alpha value is -0.690. The van der Waals surface area contributed by atoms with E-state index in [0.29, 0.717) is 25.6 Å². The minimum absolute atomic E-state index is 0.0394. The van der Waals surface area contributed by atoms with Crippen molar-refractivity contribution in [2.24, 2.45) is 0 Å². The minimum Gasteiger partial charge on any atom is -0.378 e. The summed E-state index contributed by atoms with van der Waals surface area (Å²) in [4.78, 5) is 19.0. The molecule has 21 heavy (non-hydrogen) atoms. The number of ether oxygens (including phenoxy) is 1. The third-order valence-electron chi connectivity index (χ3n) is 3.58. The predicted octanol–water partition coefficient (Wildman–Crippen LogP) is 2.17. The number of carbonyl (C=O) groups excluding carboxylic acids is 1. The van der Waals surface area contributed by atoms with Gasteiger partial charge < -0.3 is 10.1 Å². The second-order valence-electron chi connectivity index (χ2n) is 5.11. The number of hydrogen-bond donors (Lipinski definition) is 1. The molecule has 1 amide bonds. The van der Waals surface area contributed by atoms with Crippen LogP contribution >= 0.6 is 22.9 Å². The van der Waals surface area contributed by atoms with Gasteiger partial charge in [0, 0.05) is 18.5 Å². The van der Waals surface area contributed by atoms with Crippen molar-refractivity contribution in [1.82, 2.24) is 15.2 Å². The summed E-state index contributed by atoms with van der Waals surface area (Å²) >= 11 is 7.41. The predicted molar refractivity (Wildman–Crippen MR) is 84.7 cm³/mol. The summed E-state index contributed by atoms with van der Waals surface area (Å²) in [6, 6.07) is -0.156. The fraction of sp³-hybridized carbons (Fsp3) is 0.714. The van der Waals surface area contributed by atoms with Crippen molar-refractivity contribution >= 4 is 28.8 Å². The van der Waals surface area contributed by atoms with Crippen molar-refractivity contribution < 1.29 is 9.53 Å². The van der Waals surface area contributed by atoms with Crippen LogP contribution in [0.1, 0.15) is 37.0 Å². The number of aromatic nitrogens is 1. The largest absolute Gasteiger partial charge is 0.378 e. The maximum absolute atomic E-state index is 12.3. The lowest BCUT2D eigenvalue weighted by atomic mass is 10.1. The Morgan fingerprint density at radius 1 is 1.71 bits per heavy atom. The van der Waals surface area contributed by atoms with Gasteiger partial charge in [0.05, 0.1) is 30.8 Å². The quantitative estimate of drug-likeness (QED) is 0.812. The topological polar surface area (TPSA) is 54.5 Å². The summed E-state index contributed by atoms with van der Waals surface area (Å²) in [5.41, 5.74) is 0.892. The van der Waals surface area contributed by atoms with Gasteiger partial charge in [-0.25, -0.2) is 4.98 Å². The molecule has 0 saturated carbocycles. The zero-order valence-electron chi connectivity index (χ0n) is 12.5. The molecule has 1 aliphatic heterocycles. The first-order valence-electron chi connectivity index (χ1n) is 7.28. The number of nitrogens with one attached hydrogen (secondary N) is 1. The number of morpholine rings is 1. The van der Waals surface area contributed by atoms with Crippen LogP contribution in [0.5, 0.6) is 0 Å². The molecule has 2 unspecified atom stereocenters. The van der Waals surface area contributed by atoms with E-state index >= 15 is 0 Å². The highest BCUT2D eigenvalue weighted by Crippen LogP contribution is 2.27. The monoisotopic (exact) mass is 331 g/mol. The molecule has 7 heteroatoms. The van der Waals surface area contributed by atoms with Gasteiger partial charge >= 0.3 is 0 Å². The van der Waals surface area contributed by atoms with Gasteiger partial charge in [0.2, 0.25) is 5.91 Å². The lowest BCUT2D eigenvalue weighted by Gasteiger charge is -2.37. The Balaban J connectivity index is 2.08. The van der Waals surface area contributed by atoms with E-state index in [4.69, 9.17) is 16.3 Å². The highest BCUT2D eigenvalue weighted by molar-refractivity contribution is 7.09. The SMILES string of the molecule is CCCNC(=O)C1COCCN1C(C)c1nc(CCl)cs1. The lowest BCUT2D eigenvalue weighted by Crippen LogP contribution is -2.54.